The van der Waals surface area contributed by atoms with Crippen molar-refractivity contribution in [1.29, 1.82) is 0 Å². The Hall–Kier alpha value is -0.570. The van der Waals surface area contributed by atoms with E-state index in [2.05, 4.69) is 10.2 Å². The molecule has 3 nitrogen and oxygen atoms in total. The molecule has 0 saturated carbocycles. The van der Waals surface area contributed by atoms with Gasteiger partial charge >= 0.3 is 0 Å². The van der Waals surface area contributed by atoms with Gasteiger partial charge in [0, 0.05) is 31.6 Å². The predicted molar refractivity (Wildman–Crippen MR) is 42.2 cm³/mol. The minimum absolute atomic E-state index is 0.327. The molecule has 11 heavy (non-hydrogen) atoms. The van der Waals surface area contributed by atoms with Crippen molar-refractivity contribution >= 4 is 5.91 Å². The lowest BCUT2D eigenvalue weighted by Crippen LogP contribution is -2.69. The summed E-state index contributed by atoms with van der Waals surface area (Å²) < 4.78 is 0. The second-order valence-electron chi connectivity index (χ2n) is 3.36. The van der Waals surface area contributed by atoms with Gasteiger partial charge in [-0.15, -0.1) is 0 Å². The molecule has 0 aliphatic carbocycles. The van der Waals surface area contributed by atoms with Crippen LogP contribution in [-0.2, 0) is 4.79 Å². The van der Waals surface area contributed by atoms with E-state index in [1.165, 1.54) is 6.42 Å². The molecule has 3 aliphatic heterocycles. The molecule has 0 aromatic heterocycles. The van der Waals surface area contributed by atoms with Gasteiger partial charge in [-0.3, -0.25) is 4.79 Å². The van der Waals surface area contributed by atoms with Crippen LogP contribution in [0.1, 0.15) is 19.8 Å². The van der Waals surface area contributed by atoms with Crippen LogP contribution in [0.3, 0.4) is 0 Å². The Balaban J connectivity index is 2.00. The summed E-state index contributed by atoms with van der Waals surface area (Å²) >= 11 is 0. The van der Waals surface area contributed by atoms with Gasteiger partial charge in [-0.05, 0) is 6.42 Å². The van der Waals surface area contributed by atoms with E-state index in [0.29, 0.717) is 24.4 Å². The fourth-order valence-electron chi connectivity index (χ4n) is 2.07. The standard InChI is InChI=1S/C8H14N2O/c1-2-8(11)10-6-3-7(10)5-9-4-6/h6-7,9H,2-5H2,1H3/t6-,7-/m0/s1. The van der Waals surface area contributed by atoms with E-state index >= 15 is 0 Å². The first-order valence-corrected chi connectivity index (χ1v) is 4.34. The first kappa shape index (κ1) is 7.10. The number of hydrogen-bond acceptors (Lipinski definition) is 2. The zero-order valence-electron chi connectivity index (χ0n) is 6.84. The van der Waals surface area contributed by atoms with Crippen LogP contribution in [0, 0.1) is 0 Å². The molecular formula is C8H14N2O. The lowest BCUT2D eigenvalue weighted by atomic mass is 9.88. The molecule has 3 aliphatic rings. The van der Waals surface area contributed by atoms with E-state index in [1.54, 1.807) is 0 Å². The largest absolute Gasteiger partial charge is 0.334 e. The monoisotopic (exact) mass is 154 g/mol. The SMILES string of the molecule is CCC(=O)N1[C@@H]2CNC[C@@H]1C2. The smallest absolute Gasteiger partial charge is 0.222 e. The third kappa shape index (κ3) is 0.948. The van der Waals surface area contributed by atoms with E-state index < -0.39 is 0 Å². The van der Waals surface area contributed by atoms with Gasteiger partial charge in [0.1, 0.15) is 0 Å². The minimum atomic E-state index is 0.327. The molecule has 3 saturated heterocycles. The molecule has 3 heterocycles. The maximum Gasteiger partial charge on any atom is 0.222 e. The zero-order chi connectivity index (χ0) is 7.84. The second-order valence-corrected chi connectivity index (χ2v) is 3.36. The summed E-state index contributed by atoms with van der Waals surface area (Å²) in [6.07, 6.45) is 1.88. The molecule has 1 N–H and O–H groups in total. The van der Waals surface area contributed by atoms with E-state index in [9.17, 15) is 4.79 Å². The fourth-order valence-corrected chi connectivity index (χ4v) is 2.07. The molecule has 2 atom stereocenters. The number of carbonyl (C=O) groups excluding carboxylic acids is 1. The lowest BCUT2D eigenvalue weighted by molar-refractivity contribution is -0.146. The number of amides is 1. The van der Waals surface area contributed by atoms with Crippen molar-refractivity contribution in [2.45, 2.75) is 31.8 Å². The lowest BCUT2D eigenvalue weighted by Gasteiger charge is -2.53. The summed E-state index contributed by atoms with van der Waals surface area (Å²) in [5.41, 5.74) is 0. The number of piperidine rings is 1. The summed E-state index contributed by atoms with van der Waals surface area (Å²) in [6.45, 7) is 3.94. The molecule has 2 bridgehead atoms. The van der Waals surface area contributed by atoms with E-state index in [0.717, 1.165) is 13.1 Å². The Labute approximate surface area is 66.8 Å². The molecule has 0 spiro atoms. The summed E-state index contributed by atoms with van der Waals surface area (Å²) in [7, 11) is 0. The maximum atomic E-state index is 11.3. The van der Waals surface area contributed by atoms with Crippen molar-refractivity contribution < 1.29 is 4.79 Å². The highest BCUT2D eigenvalue weighted by Crippen LogP contribution is 2.28. The minimum Gasteiger partial charge on any atom is -0.334 e. The van der Waals surface area contributed by atoms with Gasteiger partial charge in [0.25, 0.3) is 0 Å². The van der Waals surface area contributed by atoms with Gasteiger partial charge in [0.05, 0.1) is 0 Å². The Bertz CT molecular complexity index is 167. The quantitative estimate of drug-likeness (QED) is 0.575. The van der Waals surface area contributed by atoms with E-state index in [4.69, 9.17) is 0 Å². The molecule has 3 rings (SSSR count). The van der Waals surface area contributed by atoms with Crippen molar-refractivity contribution in [3.8, 4) is 0 Å². The molecule has 0 aromatic carbocycles. The number of hydrogen-bond donors (Lipinski definition) is 1. The number of fused-ring (bicyclic) bond motifs is 2. The van der Waals surface area contributed by atoms with E-state index in [-0.39, 0.29) is 0 Å². The molecule has 3 fully saturated rings. The summed E-state index contributed by atoms with van der Waals surface area (Å²) in [6, 6.07) is 1.03. The summed E-state index contributed by atoms with van der Waals surface area (Å²) in [4.78, 5) is 13.4. The first-order chi connectivity index (χ1) is 5.33. The van der Waals surface area contributed by atoms with Crippen LogP contribution in [0.2, 0.25) is 0 Å². The molecule has 0 unspecified atom stereocenters. The Kier molecular flexibility index (Phi) is 1.60. The average molecular weight is 154 g/mol. The van der Waals surface area contributed by atoms with Crippen LogP contribution in [0.5, 0.6) is 0 Å². The Morgan fingerprint density at radius 1 is 1.55 bits per heavy atom. The third-order valence-electron chi connectivity index (χ3n) is 2.68. The first-order valence-electron chi connectivity index (χ1n) is 4.34. The molecule has 62 valence electrons. The van der Waals surface area contributed by atoms with Gasteiger partial charge in [0.15, 0.2) is 0 Å². The number of carbonyl (C=O) groups is 1. The van der Waals surface area contributed by atoms with Crippen LogP contribution in [-0.4, -0.2) is 36.0 Å². The summed E-state index contributed by atoms with van der Waals surface area (Å²) in [5, 5.41) is 3.30. The highest BCUT2D eigenvalue weighted by Gasteiger charge is 2.43. The van der Waals surface area contributed by atoms with Crippen LogP contribution in [0.4, 0.5) is 0 Å². The normalized spacial score (nSPS) is 34.8. The Morgan fingerprint density at radius 3 is 2.64 bits per heavy atom. The van der Waals surface area contributed by atoms with Crippen molar-refractivity contribution in [1.82, 2.24) is 10.2 Å². The highest BCUT2D eigenvalue weighted by molar-refractivity contribution is 5.77. The van der Waals surface area contributed by atoms with Gasteiger partial charge in [-0.25, -0.2) is 0 Å². The topological polar surface area (TPSA) is 32.3 Å². The number of piperazine rings is 1. The van der Waals surface area contributed by atoms with Gasteiger partial charge in [-0.1, -0.05) is 6.92 Å². The van der Waals surface area contributed by atoms with Crippen LogP contribution in [0.15, 0.2) is 0 Å². The fraction of sp³-hybridized carbons (Fsp3) is 0.875. The Morgan fingerprint density at radius 2 is 2.18 bits per heavy atom. The molecule has 3 heteroatoms. The maximum absolute atomic E-state index is 11.3. The molecule has 0 radical (unpaired) electrons. The molecular weight excluding hydrogens is 140 g/mol. The van der Waals surface area contributed by atoms with Gasteiger partial charge in [-0.2, -0.15) is 0 Å². The number of rotatable bonds is 1. The average Bonchev–Trinajstić information content (AvgIpc) is 2.05. The highest BCUT2D eigenvalue weighted by atomic mass is 16.2. The number of nitrogens with one attached hydrogen (secondary N) is 1. The van der Waals surface area contributed by atoms with E-state index in [1.807, 2.05) is 6.92 Å². The van der Waals surface area contributed by atoms with Crippen molar-refractivity contribution in [3.63, 3.8) is 0 Å². The summed E-state index contributed by atoms with van der Waals surface area (Å²) in [5.74, 6) is 0.327. The van der Waals surface area contributed by atoms with Gasteiger partial charge < -0.3 is 10.2 Å². The van der Waals surface area contributed by atoms with Crippen molar-refractivity contribution in [2.75, 3.05) is 13.1 Å². The second kappa shape index (κ2) is 2.48. The third-order valence-corrected chi connectivity index (χ3v) is 2.68. The zero-order valence-corrected chi connectivity index (χ0v) is 6.84. The predicted octanol–water partition coefficient (Wildman–Crippen LogP) is -0.0309. The van der Waals surface area contributed by atoms with Crippen LogP contribution < -0.4 is 5.32 Å². The van der Waals surface area contributed by atoms with Crippen molar-refractivity contribution in [2.24, 2.45) is 0 Å². The number of nitrogens with zero attached hydrogens (tertiary/aromatic N) is 1. The molecule has 1 amide bonds. The van der Waals surface area contributed by atoms with Crippen molar-refractivity contribution in [3.05, 3.63) is 0 Å². The van der Waals surface area contributed by atoms with Crippen LogP contribution >= 0.6 is 0 Å². The van der Waals surface area contributed by atoms with Crippen LogP contribution in [0.25, 0.3) is 0 Å². The molecule has 0 aromatic rings. The van der Waals surface area contributed by atoms with Gasteiger partial charge in [0.2, 0.25) is 5.91 Å².